The number of nitrogens with zero attached hydrogens (tertiary/aromatic N) is 3. The molecule has 0 fully saturated rings. The summed E-state index contributed by atoms with van der Waals surface area (Å²) in [4.78, 5) is 4.44. The van der Waals surface area contributed by atoms with Crippen molar-refractivity contribution in [3.8, 4) is 17.0 Å². The van der Waals surface area contributed by atoms with Gasteiger partial charge in [0.1, 0.15) is 17.1 Å². The molecule has 2 aromatic carbocycles. The Labute approximate surface area is 156 Å². The Morgan fingerprint density at radius 1 is 1.00 bits per heavy atom. The van der Waals surface area contributed by atoms with Crippen LogP contribution >= 0.6 is 0 Å². The quantitative estimate of drug-likeness (QED) is 0.330. The van der Waals surface area contributed by atoms with E-state index in [2.05, 4.69) is 10.1 Å². The summed E-state index contributed by atoms with van der Waals surface area (Å²) < 4.78 is 7.12. The van der Waals surface area contributed by atoms with E-state index in [9.17, 15) is 5.21 Å². The molecular weight excluding hydrogens is 340 g/mol. The third-order valence-electron chi connectivity index (χ3n) is 4.43. The van der Waals surface area contributed by atoms with Crippen molar-refractivity contribution in [3.63, 3.8) is 0 Å². The van der Waals surface area contributed by atoms with Crippen molar-refractivity contribution in [2.75, 3.05) is 12.8 Å². The van der Waals surface area contributed by atoms with Gasteiger partial charge in [0.15, 0.2) is 5.82 Å². The molecule has 0 amide bonds. The number of hydrogen-bond donors (Lipinski definition) is 2. The Bertz CT molecular complexity index is 1120. The highest BCUT2D eigenvalue weighted by Gasteiger charge is 2.15. The second kappa shape index (κ2) is 6.84. The molecule has 0 spiro atoms. The Balaban J connectivity index is 1.86. The van der Waals surface area contributed by atoms with Crippen LogP contribution in [-0.2, 0) is 0 Å². The number of rotatable bonds is 4. The summed E-state index contributed by atoms with van der Waals surface area (Å²) in [7, 11) is 1.63. The number of methoxy groups -OCH3 is 1. The van der Waals surface area contributed by atoms with Gasteiger partial charge in [-0.05, 0) is 36.4 Å². The number of anilines is 1. The normalized spacial score (nSPS) is 11.7. The van der Waals surface area contributed by atoms with Gasteiger partial charge in [0, 0.05) is 22.9 Å². The van der Waals surface area contributed by atoms with Crippen LogP contribution in [0.3, 0.4) is 0 Å². The largest absolute Gasteiger partial charge is 0.497 e. The maximum atomic E-state index is 9.58. The first-order chi connectivity index (χ1) is 13.2. The van der Waals surface area contributed by atoms with Gasteiger partial charge in [-0.2, -0.15) is 0 Å². The molecular formula is C21H18N4O2. The number of oxime groups is 1. The van der Waals surface area contributed by atoms with E-state index in [-0.39, 0.29) is 0 Å². The molecule has 0 radical (unpaired) electrons. The Kier molecular flexibility index (Phi) is 4.22. The molecule has 0 atom stereocenters. The Morgan fingerprint density at radius 2 is 1.74 bits per heavy atom. The van der Waals surface area contributed by atoms with Crippen molar-refractivity contribution < 1.29 is 9.94 Å². The second-order valence-electron chi connectivity index (χ2n) is 6.03. The zero-order valence-corrected chi connectivity index (χ0v) is 14.7. The number of benzene rings is 2. The topological polar surface area (TPSA) is 85.1 Å². The zero-order valence-electron chi connectivity index (χ0n) is 14.7. The van der Waals surface area contributed by atoms with E-state index in [4.69, 9.17) is 10.5 Å². The molecule has 0 bridgehead atoms. The lowest BCUT2D eigenvalue weighted by molar-refractivity contribution is 0.319. The number of nitrogen functional groups attached to an aromatic ring is 1. The number of ether oxygens (including phenoxy) is 1. The summed E-state index contributed by atoms with van der Waals surface area (Å²) in [5.74, 6) is 1.20. The molecule has 0 unspecified atom stereocenters. The first-order valence-corrected chi connectivity index (χ1v) is 8.41. The summed E-state index contributed by atoms with van der Waals surface area (Å²) in [6.45, 7) is 0. The van der Waals surface area contributed by atoms with Crippen LogP contribution in [0, 0.1) is 0 Å². The molecule has 3 N–H and O–H groups in total. The van der Waals surface area contributed by atoms with E-state index < -0.39 is 0 Å². The van der Waals surface area contributed by atoms with Gasteiger partial charge in [-0.25, -0.2) is 4.98 Å². The predicted molar refractivity (Wildman–Crippen MR) is 105 cm³/mol. The first kappa shape index (κ1) is 16.7. The van der Waals surface area contributed by atoms with Gasteiger partial charge in [-0.15, -0.1) is 0 Å². The first-order valence-electron chi connectivity index (χ1n) is 8.41. The fourth-order valence-corrected chi connectivity index (χ4v) is 3.12. The summed E-state index contributed by atoms with van der Waals surface area (Å²) in [5, 5.41) is 13.1. The number of aromatic nitrogens is 2. The highest BCUT2D eigenvalue weighted by atomic mass is 16.5. The molecule has 6 heteroatoms. The van der Waals surface area contributed by atoms with Gasteiger partial charge in [0.05, 0.1) is 12.8 Å². The fourth-order valence-electron chi connectivity index (χ4n) is 3.12. The minimum Gasteiger partial charge on any atom is -0.497 e. The van der Waals surface area contributed by atoms with Gasteiger partial charge in [-0.1, -0.05) is 35.5 Å². The molecule has 6 nitrogen and oxygen atoms in total. The van der Waals surface area contributed by atoms with Gasteiger partial charge >= 0.3 is 0 Å². The zero-order chi connectivity index (χ0) is 18.8. The smallest absolute Gasteiger partial charge is 0.150 e. The SMILES string of the molecule is COc1ccc(-c2c(N)nc3ccc(/C(=N/O)c4ccccc4)cn23)cc1. The lowest BCUT2D eigenvalue weighted by Crippen LogP contribution is -2.05. The molecule has 4 aromatic rings. The van der Waals surface area contributed by atoms with Crippen molar-refractivity contribution in [1.82, 2.24) is 9.38 Å². The van der Waals surface area contributed by atoms with E-state index >= 15 is 0 Å². The number of hydrogen-bond acceptors (Lipinski definition) is 5. The number of pyridine rings is 1. The molecule has 27 heavy (non-hydrogen) atoms. The highest BCUT2D eigenvalue weighted by molar-refractivity contribution is 6.12. The van der Waals surface area contributed by atoms with Crippen molar-refractivity contribution in [2.45, 2.75) is 0 Å². The van der Waals surface area contributed by atoms with Crippen molar-refractivity contribution in [2.24, 2.45) is 5.16 Å². The Morgan fingerprint density at radius 3 is 2.41 bits per heavy atom. The molecule has 4 rings (SSSR count). The van der Waals surface area contributed by atoms with Crippen LogP contribution in [0.4, 0.5) is 5.82 Å². The van der Waals surface area contributed by atoms with Crippen LogP contribution in [-0.4, -0.2) is 27.4 Å². The summed E-state index contributed by atoms with van der Waals surface area (Å²) >= 11 is 0. The number of fused-ring (bicyclic) bond motifs is 1. The summed E-state index contributed by atoms with van der Waals surface area (Å²) in [5.41, 5.74) is 10.6. The number of imidazole rings is 1. The van der Waals surface area contributed by atoms with Crippen molar-refractivity contribution in [3.05, 3.63) is 84.1 Å². The van der Waals surface area contributed by atoms with Gasteiger partial charge in [0.25, 0.3) is 0 Å². The van der Waals surface area contributed by atoms with Crippen LogP contribution in [0.5, 0.6) is 5.75 Å². The van der Waals surface area contributed by atoms with E-state index in [0.29, 0.717) is 17.2 Å². The molecule has 0 saturated heterocycles. The van der Waals surface area contributed by atoms with Gasteiger partial charge in [-0.3, -0.25) is 4.40 Å². The van der Waals surface area contributed by atoms with Crippen LogP contribution in [0.1, 0.15) is 11.1 Å². The van der Waals surface area contributed by atoms with Gasteiger partial charge in [0.2, 0.25) is 0 Å². The van der Waals surface area contributed by atoms with Crippen LogP contribution in [0.15, 0.2) is 78.1 Å². The third-order valence-corrected chi connectivity index (χ3v) is 4.43. The monoisotopic (exact) mass is 358 g/mol. The maximum Gasteiger partial charge on any atom is 0.150 e. The highest BCUT2D eigenvalue weighted by Crippen LogP contribution is 2.29. The lowest BCUT2D eigenvalue weighted by Gasteiger charge is -2.08. The number of nitrogens with two attached hydrogens (primary N) is 1. The molecule has 0 saturated carbocycles. The average molecular weight is 358 g/mol. The molecule has 0 aliphatic carbocycles. The molecule has 2 heterocycles. The average Bonchev–Trinajstić information content (AvgIpc) is 3.04. The van der Waals surface area contributed by atoms with E-state index in [1.807, 2.05) is 77.3 Å². The minimum absolute atomic E-state index is 0.430. The van der Waals surface area contributed by atoms with Crippen molar-refractivity contribution in [1.29, 1.82) is 0 Å². The maximum absolute atomic E-state index is 9.58. The second-order valence-corrected chi connectivity index (χ2v) is 6.03. The van der Waals surface area contributed by atoms with E-state index in [1.54, 1.807) is 7.11 Å². The van der Waals surface area contributed by atoms with Crippen LogP contribution in [0.2, 0.25) is 0 Å². The molecule has 2 aromatic heterocycles. The van der Waals surface area contributed by atoms with Crippen LogP contribution in [0.25, 0.3) is 16.9 Å². The Hall–Kier alpha value is -3.80. The third kappa shape index (κ3) is 2.97. The molecule has 0 aliphatic rings. The molecule has 134 valence electrons. The van der Waals surface area contributed by atoms with Crippen LogP contribution < -0.4 is 10.5 Å². The summed E-state index contributed by atoms with van der Waals surface area (Å²) in [6, 6.07) is 20.8. The summed E-state index contributed by atoms with van der Waals surface area (Å²) in [6.07, 6.45) is 1.88. The molecule has 0 aliphatic heterocycles. The predicted octanol–water partition coefficient (Wildman–Crippen LogP) is 3.82. The fraction of sp³-hybridized carbons (Fsp3) is 0.0476. The van der Waals surface area contributed by atoms with E-state index in [0.717, 1.165) is 28.1 Å². The minimum atomic E-state index is 0.430. The van der Waals surface area contributed by atoms with Gasteiger partial charge < -0.3 is 15.7 Å². The van der Waals surface area contributed by atoms with E-state index in [1.165, 1.54) is 0 Å². The lowest BCUT2D eigenvalue weighted by atomic mass is 10.0. The standard InChI is InChI=1S/C21H18N4O2/c1-27-17-10-7-15(8-11-17)20-21(22)23-18-12-9-16(13-25(18)20)19(24-26)14-5-3-2-4-6-14/h2-13,26H,22H2,1H3/b24-19+. The van der Waals surface area contributed by atoms with Crippen molar-refractivity contribution >= 4 is 17.2 Å².